The van der Waals surface area contributed by atoms with Gasteiger partial charge in [0.25, 0.3) is 5.91 Å². The number of thiazole rings is 1. The van der Waals surface area contributed by atoms with Crippen molar-refractivity contribution in [1.82, 2.24) is 24.9 Å². The van der Waals surface area contributed by atoms with E-state index in [4.69, 9.17) is 11.6 Å². The summed E-state index contributed by atoms with van der Waals surface area (Å²) in [5.41, 5.74) is 3.24. The lowest BCUT2D eigenvalue weighted by Gasteiger charge is -2.28. The number of likely N-dealkylation sites (tertiary alicyclic amines) is 1. The van der Waals surface area contributed by atoms with Crippen molar-refractivity contribution in [2.45, 2.75) is 44.3 Å². The Bertz CT molecular complexity index is 1470. The van der Waals surface area contributed by atoms with Gasteiger partial charge < -0.3 is 15.5 Å². The molecule has 0 bridgehead atoms. The quantitative estimate of drug-likeness (QED) is 0.274. The molecule has 2 N–H and O–H groups in total. The van der Waals surface area contributed by atoms with Gasteiger partial charge in [-0.05, 0) is 75.0 Å². The number of alkyl halides is 1. The van der Waals surface area contributed by atoms with Gasteiger partial charge in [-0.3, -0.25) is 9.20 Å². The van der Waals surface area contributed by atoms with Crippen molar-refractivity contribution < 1.29 is 13.6 Å². The number of carbonyl (C=O) groups is 1. The fraction of sp³-hybridized carbons (Fsp3) is 0.429. The zero-order valence-electron chi connectivity index (χ0n) is 21.0. The topological polar surface area (TPSA) is 61.7 Å². The maximum atomic E-state index is 15.0. The monoisotopic (exact) mass is 557 g/mol. The van der Waals surface area contributed by atoms with Crippen LogP contribution in [0.25, 0.3) is 26.4 Å². The number of piperidine rings is 1. The number of hydrogen-bond acceptors (Lipinski definition) is 5. The Balaban J connectivity index is 1.15. The van der Waals surface area contributed by atoms with E-state index in [2.05, 4.69) is 20.5 Å². The van der Waals surface area contributed by atoms with Crippen molar-refractivity contribution in [3.05, 3.63) is 58.5 Å². The number of nitrogens with one attached hydrogen (secondary N) is 2. The highest BCUT2D eigenvalue weighted by Crippen LogP contribution is 2.34. The van der Waals surface area contributed by atoms with E-state index in [1.54, 1.807) is 24.3 Å². The molecule has 0 radical (unpaired) electrons. The van der Waals surface area contributed by atoms with Crippen molar-refractivity contribution in [2.24, 2.45) is 0 Å². The molecule has 200 valence electrons. The highest BCUT2D eigenvalue weighted by atomic mass is 35.5. The van der Waals surface area contributed by atoms with Crippen LogP contribution in [0, 0.1) is 5.82 Å². The van der Waals surface area contributed by atoms with Crippen LogP contribution in [0.1, 0.15) is 54.1 Å². The number of aromatic nitrogens is 2. The highest BCUT2D eigenvalue weighted by molar-refractivity contribution is 7.23. The standard InChI is InChI=1S/C28H30ClF2N5OS/c29-21-15-25-26(14-20(21)27(37)33-9-2-10-35-11-6-18(30)7-12-35)38-28-34-24(16-36(25)28)19-5-4-17(13-22(19)31)23-3-1-8-32-23/h4-5,13-16,18,23,32H,1-3,6-12H2,(H,33,37). The lowest BCUT2D eigenvalue weighted by atomic mass is 10.0. The molecule has 1 atom stereocenters. The Kier molecular flexibility index (Phi) is 7.35. The first-order valence-electron chi connectivity index (χ1n) is 13.3. The van der Waals surface area contributed by atoms with Gasteiger partial charge in [0.15, 0.2) is 4.96 Å². The highest BCUT2D eigenvalue weighted by Gasteiger charge is 2.21. The zero-order valence-corrected chi connectivity index (χ0v) is 22.6. The van der Waals surface area contributed by atoms with Crippen LogP contribution < -0.4 is 10.6 Å². The number of benzene rings is 2. The van der Waals surface area contributed by atoms with Crippen molar-refractivity contribution in [1.29, 1.82) is 0 Å². The predicted octanol–water partition coefficient (Wildman–Crippen LogP) is 5.99. The van der Waals surface area contributed by atoms with E-state index in [-0.39, 0.29) is 17.8 Å². The minimum atomic E-state index is -0.679. The summed E-state index contributed by atoms with van der Waals surface area (Å²) in [5, 5.41) is 6.71. The second-order valence-electron chi connectivity index (χ2n) is 10.2. The van der Waals surface area contributed by atoms with Crippen LogP contribution >= 0.6 is 22.9 Å². The Hall–Kier alpha value is -2.59. The summed E-state index contributed by atoms with van der Waals surface area (Å²) in [7, 11) is 0. The summed E-state index contributed by atoms with van der Waals surface area (Å²) >= 11 is 7.97. The molecule has 2 aliphatic heterocycles. The normalized spacial score (nSPS) is 19.1. The third-order valence-electron chi connectivity index (χ3n) is 7.61. The molecule has 1 unspecified atom stereocenters. The molecule has 4 heterocycles. The molecule has 0 spiro atoms. The van der Waals surface area contributed by atoms with E-state index >= 15 is 4.39 Å². The van der Waals surface area contributed by atoms with E-state index in [0.29, 0.717) is 46.2 Å². The van der Waals surface area contributed by atoms with Gasteiger partial charge in [-0.2, -0.15) is 0 Å². The third-order valence-corrected chi connectivity index (χ3v) is 8.94. The SMILES string of the molecule is O=C(NCCCN1CCC(F)CC1)c1cc2sc3nc(-c4ccc(C5CCCN5)cc4F)cn3c2cc1Cl. The summed E-state index contributed by atoms with van der Waals surface area (Å²) in [5.74, 6) is -0.500. The van der Waals surface area contributed by atoms with E-state index in [1.165, 1.54) is 11.3 Å². The van der Waals surface area contributed by atoms with Crippen LogP contribution in [0.2, 0.25) is 5.02 Å². The second kappa shape index (κ2) is 10.9. The smallest absolute Gasteiger partial charge is 0.252 e. The van der Waals surface area contributed by atoms with Crippen LogP contribution in [0.3, 0.4) is 0 Å². The van der Waals surface area contributed by atoms with Crippen molar-refractivity contribution in [2.75, 3.05) is 32.7 Å². The van der Waals surface area contributed by atoms with Crippen LogP contribution in [0.15, 0.2) is 36.5 Å². The summed E-state index contributed by atoms with van der Waals surface area (Å²) in [6.07, 6.45) is 5.24. The number of hydrogen-bond donors (Lipinski definition) is 2. The Morgan fingerprint density at radius 1 is 1.21 bits per heavy atom. The number of amides is 1. The van der Waals surface area contributed by atoms with Gasteiger partial charge >= 0.3 is 0 Å². The molecule has 4 aromatic rings. The Labute approximate surface area is 229 Å². The van der Waals surface area contributed by atoms with Gasteiger partial charge in [0.2, 0.25) is 0 Å². The van der Waals surface area contributed by atoms with E-state index in [1.807, 2.05) is 16.7 Å². The molecule has 2 fully saturated rings. The van der Waals surface area contributed by atoms with Gasteiger partial charge in [-0.1, -0.05) is 29.0 Å². The molecular formula is C28H30ClF2N5OS. The second-order valence-corrected chi connectivity index (χ2v) is 11.6. The zero-order chi connectivity index (χ0) is 26.2. The number of imidazole rings is 1. The predicted molar refractivity (Wildman–Crippen MR) is 148 cm³/mol. The maximum absolute atomic E-state index is 15.0. The van der Waals surface area contributed by atoms with Crippen molar-refractivity contribution in [3.8, 4) is 11.3 Å². The number of nitrogens with zero attached hydrogens (tertiary/aromatic N) is 3. The average molecular weight is 558 g/mol. The molecule has 1 amide bonds. The number of carbonyl (C=O) groups excluding carboxylic acids is 1. The molecule has 2 aliphatic rings. The average Bonchev–Trinajstić information content (AvgIpc) is 3.64. The fourth-order valence-corrected chi connectivity index (χ4v) is 6.75. The van der Waals surface area contributed by atoms with Gasteiger partial charge in [-0.25, -0.2) is 13.8 Å². The lowest BCUT2D eigenvalue weighted by molar-refractivity contribution is 0.0950. The van der Waals surface area contributed by atoms with Crippen molar-refractivity contribution in [3.63, 3.8) is 0 Å². The Morgan fingerprint density at radius 3 is 2.82 bits per heavy atom. The lowest BCUT2D eigenvalue weighted by Crippen LogP contribution is -2.36. The summed E-state index contributed by atoms with van der Waals surface area (Å²) in [6.45, 7) is 3.88. The molecule has 38 heavy (non-hydrogen) atoms. The van der Waals surface area contributed by atoms with Gasteiger partial charge in [0.05, 0.1) is 26.5 Å². The molecular weight excluding hydrogens is 528 g/mol. The Morgan fingerprint density at radius 2 is 2.05 bits per heavy atom. The summed E-state index contributed by atoms with van der Waals surface area (Å²) < 4.78 is 31.1. The molecule has 6 nitrogen and oxygen atoms in total. The van der Waals surface area contributed by atoms with E-state index < -0.39 is 6.17 Å². The number of fused-ring (bicyclic) bond motifs is 3. The van der Waals surface area contributed by atoms with Gasteiger partial charge in [0, 0.05) is 37.4 Å². The minimum absolute atomic E-state index is 0.210. The molecule has 0 aliphatic carbocycles. The van der Waals surface area contributed by atoms with Gasteiger partial charge in [0.1, 0.15) is 12.0 Å². The summed E-state index contributed by atoms with van der Waals surface area (Å²) in [4.78, 5) is 20.5. The van der Waals surface area contributed by atoms with Crippen LogP contribution in [-0.2, 0) is 0 Å². The summed E-state index contributed by atoms with van der Waals surface area (Å²) in [6, 6.07) is 9.16. The van der Waals surface area contributed by atoms with E-state index in [9.17, 15) is 9.18 Å². The molecule has 0 saturated carbocycles. The molecule has 10 heteroatoms. The first-order chi connectivity index (χ1) is 18.5. The first kappa shape index (κ1) is 25.7. The molecule has 2 saturated heterocycles. The minimum Gasteiger partial charge on any atom is -0.352 e. The van der Waals surface area contributed by atoms with Crippen LogP contribution in [0.5, 0.6) is 0 Å². The molecule has 2 aromatic heterocycles. The maximum Gasteiger partial charge on any atom is 0.252 e. The van der Waals surface area contributed by atoms with Crippen LogP contribution in [-0.4, -0.2) is 59.1 Å². The van der Waals surface area contributed by atoms with E-state index in [0.717, 1.165) is 61.2 Å². The van der Waals surface area contributed by atoms with Crippen LogP contribution in [0.4, 0.5) is 8.78 Å². The number of rotatable bonds is 7. The number of halogens is 3. The fourth-order valence-electron chi connectivity index (χ4n) is 5.47. The van der Waals surface area contributed by atoms with Gasteiger partial charge in [-0.15, -0.1) is 0 Å². The molecule has 2 aromatic carbocycles. The first-order valence-corrected chi connectivity index (χ1v) is 14.4. The molecule has 6 rings (SSSR count). The largest absolute Gasteiger partial charge is 0.352 e. The third kappa shape index (κ3) is 5.17. The van der Waals surface area contributed by atoms with Crippen molar-refractivity contribution >= 4 is 44.0 Å².